The molecule has 1 aromatic heterocycles. The van der Waals surface area contributed by atoms with Gasteiger partial charge in [0.25, 0.3) is 0 Å². The second kappa shape index (κ2) is 9.40. The highest BCUT2D eigenvalue weighted by atomic mass is 35.5. The summed E-state index contributed by atoms with van der Waals surface area (Å²) in [6.07, 6.45) is 0. The van der Waals surface area contributed by atoms with Crippen molar-refractivity contribution in [2.24, 2.45) is 0 Å². The monoisotopic (exact) mass is 491 g/mol. The molecule has 5 rings (SSSR count). The van der Waals surface area contributed by atoms with Crippen LogP contribution in [0.2, 0.25) is 5.02 Å². The zero-order chi connectivity index (χ0) is 23.7. The Morgan fingerprint density at radius 3 is 2.59 bits per heavy atom. The number of thioether (sulfide) groups is 1. The number of nitrogens with one attached hydrogen (secondary N) is 2. The second-order valence-electron chi connectivity index (χ2n) is 7.85. The van der Waals surface area contributed by atoms with E-state index >= 15 is 0 Å². The lowest BCUT2D eigenvalue weighted by Crippen LogP contribution is -2.41. The lowest BCUT2D eigenvalue weighted by Gasteiger charge is -2.33. The normalized spacial score (nSPS) is 16.9. The summed E-state index contributed by atoms with van der Waals surface area (Å²) in [5, 5.41) is 12.4. The van der Waals surface area contributed by atoms with E-state index in [1.54, 1.807) is 13.2 Å². The number of aromatic nitrogens is 3. The van der Waals surface area contributed by atoms with Crippen LogP contribution in [0.15, 0.2) is 78.0 Å². The van der Waals surface area contributed by atoms with Crippen LogP contribution in [-0.2, 0) is 4.79 Å². The van der Waals surface area contributed by atoms with Gasteiger partial charge in [-0.05, 0) is 36.2 Å². The predicted octanol–water partition coefficient (Wildman–Crippen LogP) is 5.31. The molecule has 1 aliphatic rings. The number of carbonyl (C=O) groups excluding carboxylic acids is 1. The Bertz CT molecular complexity index is 1340. The average molecular weight is 492 g/mol. The largest absolute Gasteiger partial charge is 0.495 e. The van der Waals surface area contributed by atoms with Crippen LogP contribution >= 0.6 is 23.4 Å². The van der Waals surface area contributed by atoms with Gasteiger partial charge in [0.15, 0.2) is 5.82 Å². The molecule has 1 aliphatic heterocycles. The van der Waals surface area contributed by atoms with Gasteiger partial charge in [0.2, 0.25) is 11.1 Å². The van der Waals surface area contributed by atoms with E-state index < -0.39 is 11.3 Å². The Morgan fingerprint density at radius 2 is 1.85 bits per heavy atom. The summed E-state index contributed by atoms with van der Waals surface area (Å²) >= 11 is 7.81. The smallest absolute Gasteiger partial charge is 0.240 e. The van der Waals surface area contributed by atoms with Gasteiger partial charge >= 0.3 is 0 Å². The van der Waals surface area contributed by atoms with Crippen LogP contribution in [0.5, 0.6) is 5.75 Å². The van der Waals surface area contributed by atoms with Crippen LogP contribution < -0.4 is 15.5 Å². The van der Waals surface area contributed by atoms with E-state index in [9.17, 15) is 4.79 Å². The summed E-state index contributed by atoms with van der Waals surface area (Å²) in [6.45, 7) is 1.96. The number of fused-ring (bicyclic) bond motifs is 1. The number of anilines is 1. The molecule has 2 N–H and O–H groups in total. The molecule has 0 bridgehead atoms. The fourth-order valence-electron chi connectivity index (χ4n) is 3.87. The molecular formula is C25H22ClN5O2S. The number of aryl methyl sites for hydroxylation is 1. The first-order valence-electron chi connectivity index (χ1n) is 10.7. The van der Waals surface area contributed by atoms with E-state index in [-0.39, 0.29) is 5.91 Å². The molecule has 3 aromatic carbocycles. The highest BCUT2D eigenvalue weighted by Gasteiger charge is 2.38. The van der Waals surface area contributed by atoms with E-state index in [2.05, 4.69) is 20.9 Å². The van der Waals surface area contributed by atoms with Crippen LogP contribution in [0.1, 0.15) is 17.2 Å². The number of halogens is 1. The zero-order valence-electron chi connectivity index (χ0n) is 18.5. The average Bonchev–Trinajstić information content (AvgIpc) is 3.28. The molecule has 2 atom stereocenters. The number of ether oxygens (including phenoxy) is 1. The minimum atomic E-state index is -0.524. The molecule has 0 fully saturated rings. The van der Waals surface area contributed by atoms with Gasteiger partial charge in [-0.15, -0.1) is 10.2 Å². The minimum Gasteiger partial charge on any atom is -0.495 e. The maximum absolute atomic E-state index is 13.5. The van der Waals surface area contributed by atoms with Crippen LogP contribution in [0.3, 0.4) is 0 Å². The van der Waals surface area contributed by atoms with Gasteiger partial charge in [-0.3, -0.25) is 4.79 Å². The third-order valence-corrected chi connectivity index (χ3v) is 7.18. The number of hydrogen-bond donors (Lipinski definition) is 2. The number of para-hydroxylation sites is 1. The standard InChI is InChI=1S/C25H22ClN5O2S/c1-15-8-6-7-11-19(15)27-24(32)22-21(17-12-13-20(33-2)18(26)14-17)30-31-23(28-29-25(31)34-22)16-9-4-3-5-10-16/h3-14,21-22,30H,1-2H3,(H,27,32)/t21-,22+/m1/s1. The van der Waals surface area contributed by atoms with Crippen molar-refractivity contribution in [3.05, 3.63) is 88.9 Å². The molecule has 0 saturated carbocycles. The topological polar surface area (TPSA) is 81.1 Å². The first-order chi connectivity index (χ1) is 16.5. The summed E-state index contributed by atoms with van der Waals surface area (Å²) in [4.78, 5) is 13.5. The molecular weight excluding hydrogens is 470 g/mol. The highest BCUT2D eigenvalue weighted by molar-refractivity contribution is 8.00. The molecule has 34 heavy (non-hydrogen) atoms. The van der Waals surface area contributed by atoms with Gasteiger partial charge in [-0.2, -0.15) is 0 Å². The predicted molar refractivity (Wildman–Crippen MR) is 135 cm³/mol. The van der Waals surface area contributed by atoms with Crippen molar-refractivity contribution in [2.75, 3.05) is 17.9 Å². The van der Waals surface area contributed by atoms with Crippen molar-refractivity contribution >= 4 is 35.0 Å². The molecule has 4 aromatic rings. The van der Waals surface area contributed by atoms with Crippen LogP contribution in [0.4, 0.5) is 5.69 Å². The van der Waals surface area contributed by atoms with E-state index in [1.165, 1.54) is 11.8 Å². The Hall–Kier alpha value is -3.49. The molecule has 0 radical (unpaired) electrons. The number of hydrogen-bond acceptors (Lipinski definition) is 6. The number of rotatable bonds is 5. The molecule has 172 valence electrons. The van der Waals surface area contributed by atoms with E-state index in [4.69, 9.17) is 16.3 Å². The van der Waals surface area contributed by atoms with Gasteiger partial charge in [0.1, 0.15) is 11.0 Å². The molecule has 7 nitrogen and oxygen atoms in total. The number of methoxy groups -OCH3 is 1. The Kier molecular flexibility index (Phi) is 6.17. The van der Waals surface area contributed by atoms with Crippen molar-refractivity contribution < 1.29 is 9.53 Å². The first kappa shape index (κ1) is 22.3. The number of carbonyl (C=O) groups is 1. The third-order valence-electron chi connectivity index (χ3n) is 5.66. The number of amides is 1. The SMILES string of the molecule is COc1ccc([C@H]2Nn3c(nnc3-c3ccccc3)S[C@@H]2C(=O)Nc2ccccc2C)cc1Cl. The molecule has 2 heterocycles. The quantitative estimate of drug-likeness (QED) is 0.393. The summed E-state index contributed by atoms with van der Waals surface area (Å²) in [7, 11) is 1.57. The minimum absolute atomic E-state index is 0.140. The van der Waals surface area contributed by atoms with Crippen LogP contribution in [0, 0.1) is 6.92 Å². The molecule has 0 aliphatic carbocycles. The Labute approximate surface area is 206 Å². The maximum Gasteiger partial charge on any atom is 0.240 e. The van der Waals surface area contributed by atoms with Crippen molar-refractivity contribution in [1.82, 2.24) is 14.9 Å². The summed E-state index contributed by atoms with van der Waals surface area (Å²) in [5.74, 6) is 1.11. The van der Waals surface area contributed by atoms with Crippen molar-refractivity contribution in [3.8, 4) is 17.1 Å². The molecule has 0 unspecified atom stereocenters. The van der Waals surface area contributed by atoms with Gasteiger partial charge in [0, 0.05) is 11.3 Å². The highest BCUT2D eigenvalue weighted by Crippen LogP contribution is 2.40. The van der Waals surface area contributed by atoms with Gasteiger partial charge in [-0.1, -0.05) is 78.0 Å². The van der Waals surface area contributed by atoms with E-state index in [1.807, 2.05) is 78.3 Å². The Morgan fingerprint density at radius 1 is 1.09 bits per heavy atom. The second-order valence-corrected chi connectivity index (χ2v) is 9.37. The number of benzene rings is 3. The van der Waals surface area contributed by atoms with Crippen LogP contribution in [0.25, 0.3) is 11.4 Å². The van der Waals surface area contributed by atoms with E-state index in [0.29, 0.717) is 21.8 Å². The van der Waals surface area contributed by atoms with Gasteiger partial charge < -0.3 is 15.5 Å². The van der Waals surface area contributed by atoms with Crippen LogP contribution in [-0.4, -0.2) is 33.1 Å². The fourth-order valence-corrected chi connectivity index (χ4v) is 5.22. The Balaban J connectivity index is 1.54. The fraction of sp³-hybridized carbons (Fsp3) is 0.160. The maximum atomic E-state index is 13.5. The van der Waals surface area contributed by atoms with Crippen molar-refractivity contribution in [3.63, 3.8) is 0 Å². The van der Waals surface area contributed by atoms with Crippen molar-refractivity contribution in [1.29, 1.82) is 0 Å². The molecule has 9 heteroatoms. The molecule has 0 spiro atoms. The number of nitrogens with zero attached hydrogens (tertiary/aromatic N) is 3. The lowest BCUT2D eigenvalue weighted by molar-refractivity contribution is -0.116. The lowest BCUT2D eigenvalue weighted by atomic mass is 10.0. The van der Waals surface area contributed by atoms with Gasteiger partial charge in [-0.25, -0.2) is 4.68 Å². The summed E-state index contributed by atoms with van der Waals surface area (Å²) in [5.41, 5.74) is 7.00. The van der Waals surface area contributed by atoms with Crippen molar-refractivity contribution in [2.45, 2.75) is 23.4 Å². The van der Waals surface area contributed by atoms with E-state index in [0.717, 1.165) is 22.4 Å². The summed E-state index contributed by atoms with van der Waals surface area (Å²) in [6, 6.07) is 22.6. The first-order valence-corrected chi connectivity index (χ1v) is 11.9. The third kappa shape index (κ3) is 4.22. The molecule has 1 amide bonds. The molecule has 0 saturated heterocycles. The summed E-state index contributed by atoms with van der Waals surface area (Å²) < 4.78 is 7.15. The zero-order valence-corrected chi connectivity index (χ0v) is 20.1. The van der Waals surface area contributed by atoms with Gasteiger partial charge in [0.05, 0.1) is 18.2 Å².